The number of rotatable bonds is 4. The molecule has 1 rings (SSSR count). The van der Waals surface area contributed by atoms with Crippen molar-refractivity contribution < 1.29 is 27.9 Å². The molecule has 104 valence electrons. The summed E-state index contributed by atoms with van der Waals surface area (Å²) in [5.41, 5.74) is 0. The van der Waals surface area contributed by atoms with Gasteiger partial charge in [-0.1, -0.05) is 6.92 Å². The second kappa shape index (κ2) is 5.55. The molecule has 1 aliphatic rings. The Morgan fingerprint density at radius 3 is 2.67 bits per heavy atom. The molecule has 18 heavy (non-hydrogen) atoms. The second-order valence-corrected chi connectivity index (χ2v) is 4.14. The van der Waals surface area contributed by atoms with Crippen LogP contribution in [0.2, 0.25) is 0 Å². The number of carboxylic acids is 1. The minimum atomic E-state index is -4.81. The van der Waals surface area contributed by atoms with Crippen molar-refractivity contribution in [3.05, 3.63) is 0 Å². The fraction of sp³-hybridized carbons (Fsp3) is 0.800. The third-order valence-electron chi connectivity index (χ3n) is 2.94. The Balaban J connectivity index is 2.79. The van der Waals surface area contributed by atoms with Crippen LogP contribution in [0.1, 0.15) is 13.3 Å². The summed E-state index contributed by atoms with van der Waals surface area (Å²) < 4.78 is 37.6. The lowest BCUT2D eigenvalue weighted by molar-refractivity contribution is -0.198. The minimum Gasteiger partial charge on any atom is -0.481 e. The number of amides is 1. The van der Waals surface area contributed by atoms with E-state index in [-0.39, 0.29) is 19.0 Å². The quantitative estimate of drug-likeness (QED) is 0.777. The van der Waals surface area contributed by atoms with Gasteiger partial charge in [0.2, 0.25) is 5.91 Å². The zero-order chi connectivity index (χ0) is 13.9. The Labute approximate surface area is 102 Å². The predicted molar refractivity (Wildman–Crippen MR) is 55.8 cm³/mol. The van der Waals surface area contributed by atoms with Crippen LogP contribution in [0.15, 0.2) is 0 Å². The van der Waals surface area contributed by atoms with Crippen molar-refractivity contribution in [3.8, 4) is 0 Å². The van der Waals surface area contributed by atoms with Crippen LogP contribution in [0, 0.1) is 5.92 Å². The number of halogens is 3. The van der Waals surface area contributed by atoms with E-state index in [1.165, 1.54) is 4.90 Å². The first-order valence-electron chi connectivity index (χ1n) is 5.58. The molecular weight excluding hydrogens is 253 g/mol. The number of nitrogens with zero attached hydrogens (tertiary/aromatic N) is 1. The number of hydrogen-bond donors (Lipinski definition) is 2. The van der Waals surface area contributed by atoms with Crippen LogP contribution in [0.4, 0.5) is 13.2 Å². The molecule has 5 nitrogen and oxygen atoms in total. The number of hydrogen-bond acceptors (Lipinski definition) is 3. The Morgan fingerprint density at radius 1 is 1.61 bits per heavy atom. The van der Waals surface area contributed by atoms with E-state index in [4.69, 9.17) is 5.11 Å². The summed E-state index contributed by atoms with van der Waals surface area (Å²) in [5, 5.41) is 11.2. The first kappa shape index (κ1) is 14.7. The largest absolute Gasteiger partial charge is 0.481 e. The molecule has 1 aliphatic heterocycles. The van der Waals surface area contributed by atoms with Gasteiger partial charge in [-0.15, -0.1) is 0 Å². The molecule has 2 atom stereocenters. The molecule has 0 aromatic carbocycles. The maximum atomic E-state index is 12.5. The summed E-state index contributed by atoms with van der Waals surface area (Å²) in [7, 11) is 0. The van der Waals surface area contributed by atoms with Crippen LogP contribution in [-0.4, -0.2) is 53.7 Å². The monoisotopic (exact) mass is 268 g/mol. The first-order chi connectivity index (χ1) is 8.27. The summed E-state index contributed by atoms with van der Waals surface area (Å²) in [6, 6.07) is -0.692. The van der Waals surface area contributed by atoms with E-state index in [9.17, 15) is 22.8 Å². The lowest BCUT2D eigenvalue weighted by Gasteiger charge is -2.36. The fourth-order valence-electron chi connectivity index (χ4n) is 1.98. The Hall–Kier alpha value is -1.31. The highest BCUT2D eigenvalue weighted by atomic mass is 19.4. The van der Waals surface area contributed by atoms with Gasteiger partial charge in [-0.2, -0.15) is 13.2 Å². The Kier molecular flexibility index (Phi) is 4.55. The van der Waals surface area contributed by atoms with Crippen LogP contribution < -0.4 is 5.32 Å². The van der Waals surface area contributed by atoms with Crippen molar-refractivity contribution in [2.75, 3.05) is 19.6 Å². The molecule has 2 unspecified atom stereocenters. The smallest absolute Gasteiger partial charge is 0.403 e. The molecule has 0 bridgehead atoms. The molecule has 0 saturated carbocycles. The SMILES string of the molecule is CCC1C(=O)NCCN1CC(C(=O)O)C(F)(F)F. The Morgan fingerprint density at radius 2 is 2.22 bits per heavy atom. The maximum absolute atomic E-state index is 12.5. The second-order valence-electron chi connectivity index (χ2n) is 4.14. The van der Waals surface area contributed by atoms with Gasteiger partial charge in [0.1, 0.15) is 0 Å². The normalized spacial score (nSPS) is 23.6. The van der Waals surface area contributed by atoms with Crippen LogP contribution in [-0.2, 0) is 9.59 Å². The molecule has 0 aliphatic carbocycles. The molecule has 1 saturated heterocycles. The fourth-order valence-corrected chi connectivity index (χ4v) is 1.98. The van der Waals surface area contributed by atoms with Crippen molar-refractivity contribution >= 4 is 11.9 Å². The number of carbonyl (C=O) groups is 2. The molecule has 1 fully saturated rings. The lowest BCUT2D eigenvalue weighted by Crippen LogP contribution is -2.57. The molecule has 2 N–H and O–H groups in total. The van der Waals surface area contributed by atoms with Crippen molar-refractivity contribution in [3.63, 3.8) is 0 Å². The number of piperazine rings is 1. The molecule has 0 aromatic heterocycles. The van der Waals surface area contributed by atoms with E-state index >= 15 is 0 Å². The summed E-state index contributed by atoms with van der Waals surface area (Å²) in [6.45, 7) is 1.44. The van der Waals surface area contributed by atoms with Gasteiger partial charge in [0.25, 0.3) is 0 Å². The van der Waals surface area contributed by atoms with Crippen LogP contribution in [0.5, 0.6) is 0 Å². The highest BCUT2D eigenvalue weighted by molar-refractivity contribution is 5.82. The average molecular weight is 268 g/mol. The predicted octanol–water partition coefficient (Wildman–Crippen LogP) is 0.460. The first-order valence-corrected chi connectivity index (χ1v) is 5.58. The van der Waals surface area contributed by atoms with Gasteiger partial charge in [-0.25, -0.2) is 0 Å². The van der Waals surface area contributed by atoms with E-state index < -0.39 is 30.7 Å². The van der Waals surface area contributed by atoms with Crippen molar-refractivity contribution in [1.82, 2.24) is 10.2 Å². The van der Waals surface area contributed by atoms with Crippen LogP contribution in [0.25, 0.3) is 0 Å². The lowest BCUT2D eigenvalue weighted by atomic mass is 10.0. The number of aliphatic carboxylic acids is 1. The molecule has 0 spiro atoms. The topological polar surface area (TPSA) is 69.6 Å². The molecule has 1 amide bonds. The molecule has 0 radical (unpaired) electrons. The van der Waals surface area contributed by atoms with Crippen molar-refractivity contribution in [1.29, 1.82) is 0 Å². The average Bonchev–Trinajstić information content (AvgIpc) is 2.23. The number of carboxylic acid groups (broad SMARTS) is 1. The number of nitrogens with one attached hydrogen (secondary N) is 1. The molecule has 0 aromatic rings. The third kappa shape index (κ3) is 3.34. The van der Waals surface area contributed by atoms with Gasteiger partial charge < -0.3 is 10.4 Å². The summed E-state index contributed by atoms with van der Waals surface area (Å²) in [6.07, 6.45) is -4.46. The van der Waals surface area contributed by atoms with E-state index in [0.29, 0.717) is 6.42 Å². The highest BCUT2D eigenvalue weighted by Crippen LogP contribution is 2.28. The van der Waals surface area contributed by atoms with Gasteiger partial charge >= 0.3 is 12.1 Å². The molecule has 8 heteroatoms. The summed E-state index contributed by atoms with van der Waals surface area (Å²) >= 11 is 0. The van der Waals surface area contributed by atoms with E-state index in [2.05, 4.69) is 5.32 Å². The minimum absolute atomic E-state index is 0.226. The summed E-state index contributed by atoms with van der Waals surface area (Å²) in [5.74, 6) is -4.73. The Bertz CT molecular complexity index is 333. The summed E-state index contributed by atoms with van der Waals surface area (Å²) in [4.78, 5) is 23.4. The van der Waals surface area contributed by atoms with Gasteiger partial charge in [-0.05, 0) is 6.42 Å². The number of alkyl halides is 3. The van der Waals surface area contributed by atoms with Gasteiger partial charge in [-0.3, -0.25) is 14.5 Å². The van der Waals surface area contributed by atoms with E-state index in [1.54, 1.807) is 6.92 Å². The standard InChI is InChI=1S/C10H15F3N2O3/c1-2-7-8(16)14-3-4-15(7)5-6(9(17)18)10(11,12)13/h6-7H,2-5H2,1H3,(H,14,16)(H,17,18). The van der Waals surface area contributed by atoms with E-state index in [0.717, 1.165) is 0 Å². The van der Waals surface area contributed by atoms with Crippen LogP contribution in [0.3, 0.4) is 0 Å². The highest BCUT2D eigenvalue weighted by Gasteiger charge is 2.47. The zero-order valence-corrected chi connectivity index (χ0v) is 9.83. The molecule has 1 heterocycles. The van der Waals surface area contributed by atoms with Gasteiger partial charge in [0, 0.05) is 19.6 Å². The molecular formula is C10H15F3N2O3. The maximum Gasteiger partial charge on any atom is 0.403 e. The third-order valence-corrected chi connectivity index (χ3v) is 2.94. The van der Waals surface area contributed by atoms with Crippen molar-refractivity contribution in [2.24, 2.45) is 5.92 Å². The van der Waals surface area contributed by atoms with E-state index in [1.807, 2.05) is 0 Å². The van der Waals surface area contributed by atoms with Gasteiger partial charge in [0.15, 0.2) is 5.92 Å². The van der Waals surface area contributed by atoms with Crippen molar-refractivity contribution in [2.45, 2.75) is 25.6 Å². The zero-order valence-electron chi connectivity index (χ0n) is 9.83. The number of carbonyl (C=O) groups excluding carboxylic acids is 1. The van der Waals surface area contributed by atoms with Crippen LogP contribution >= 0.6 is 0 Å². The van der Waals surface area contributed by atoms with Gasteiger partial charge in [0.05, 0.1) is 6.04 Å².